The van der Waals surface area contributed by atoms with Gasteiger partial charge < -0.3 is 10.1 Å². The first-order valence-corrected chi connectivity index (χ1v) is 7.01. The number of hydrogen-bond donors (Lipinski definition) is 1. The molecule has 4 nitrogen and oxygen atoms in total. The third kappa shape index (κ3) is 1.70. The van der Waals surface area contributed by atoms with E-state index in [1.165, 1.54) is 36.9 Å². The Morgan fingerprint density at radius 2 is 2.06 bits per heavy atom. The van der Waals surface area contributed by atoms with Gasteiger partial charge in [-0.2, -0.15) is 5.10 Å². The molecule has 1 saturated carbocycles. The van der Waals surface area contributed by atoms with Gasteiger partial charge in [-0.05, 0) is 26.7 Å². The molecule has 18 heavy (non-hydrogen) atoms. The van der Waals surface area contributed by atoms with Gasteiger partial charge in [-0.15, -0.1) is 0 Å². The second kappa shape index (κ2) is 4.35. The zero-order valence-corrected chi connectivity index (χ0v) is 11.6. The van der Waals surface area contributed by atoms with Crippen LogP contribution in [0.3, 0.4) is 0 Å². The predicted octanol–water partition coefficient (Wildman–Crippen LogP) is 2.01. The van der Waals surface area contributed by atoms with Crippen LogP contribution in [0, 0.1) is 13.8 Å². The lowest BCUT2D eigenvalue weighted by Crippen LogP contribution is -2.51. The van der Waals surface area contributed by atoms with Gasteiger partial charge >= 0.3 is 0 Å². The Kier molecular flexibility index (Phi) is 2.94. The van der Waals surface area contributed by atoms with Gasteiger partial charge in [-0.25, -0.2) is 0 Å². The summed E-state index contributed by atoms with van der Waals surface area (Å²) in [7, 11) is 2.02. The van der Waals surface area contributed by atoms with E-state index in [1.54, 1.807) is 0 Å². The summed E-state index contributed by atoms with van der Waals surface area (Å²) < 4.78 is 8.20. The van der Waals surface area contributed by atoms with Gasteiger partial charge in [0.1, 0.15) is 0 Å². The summed E-state index contributed by atoms with van der Waals surface area (Å²) in [5.41, 5.74) is 3.79. The fourth-order valence-corrected chi connectivity index (χ4v) is 3.71. The summed E-state index contributed by atoms with van der Waals surface area (Å²) in [5.74, 6) is 0. The van der Waals surface area contributed by atoms with Crippen molar-refractivity contribution in [2.45, 2.75) is 51.2 Å². The second-order valence-corrected chi connectivity index (χ2v) is 5.72. The zero-order chi connectivity index (χ0) is 12.8. The molecule has 2 fully saturated rings. The van der Waals surface area contributed by atoms with Crippen LogP contribution in [0.25, 0.3) is 0 Å². The van der Waals surface area contributed by atoms with Gasteiger partial charge in [0, 0.05) is 24.8 Å². The number of nitrogens with zero attached hydrogens (tertiary/aromatic N) is 2. The van der Waals surface area contributed by atoms with E-state index in [2.05, 4.69) is 24.3 Å². The van der Waals surface area contributed by atoms with E-state index in [0.29, 0.717) is 6.04 Å². The molecular formula is C14H23N3O. The van der Waals surface area contributed by atoms with Crippen molar-refractivity contribution < 1.29 is 4.74 Å². The molecule has 1 spiro atoms. The smallest absolute Gasteiger partial charge is 0.0878 e. The first-order valence-electron chi connectivity index (χ1n) is 7.01. The van der Waals surface area contributed by atoms with Crippen molar-refractivity contribution in [1.29, 1.82) is 0 Å². The molecule has 100 valence electrons. The largest absolute Gasteiger partial charge is 0.372 e. The summed E-state index contributed by atoms with van der Waals surface area (Å²) in [5, 5.41) is 8.25. The monoisotopic (exact) mass is 249 g/mol. The Bertz CT molecular complexity index is 446. The number of hydrogen-bond acceptors (Lipinski definition) is 3. The molecule has 1 aliphatic carbocycles. The Morgan fingerprint density at radius 3 is 2.67 bits per heavy atom. The van der Waals surface area contributed by atoms with Crippen molar-refractivity contribution in [1.82, 2.24) is 15.1 Å². The lowest BCUT2D eigenvalue weighted by atomic mass is 9.84. The molecule has 1 N–H and O–H groups in total. The van der Waals surface area contributed by atoms with Crippen molar-refractivity contribution in [2.24, 2.45) is 7.05 Å². The van der Waals surface area contributed by atoms with Gasteiger partial charge in [0.25, 0.3) is 0 Å². The quantitative estimate of drug-likeness (QED) is 0.827. The minimum absolute atomic E-state index is 0.0246. The fraction of sp³-hybridized carbons (Fsp3) is 0.786. The Morgan fingerprint density at radius 1 is 1.33 bits per heavy atom. The molecule has 4 heteroatoms. The molecule has 0 radical (unpaired) electrons. The molecular weight excluding hydrogens is 226 g/mol. The maximum Gasteiger partial charge on any atom is 0.0878 e. The van der Waals surface area contributed by atoms with Crippen LogP contribution in [-0.4, -0.2) is 28.5 Å². The van der Waals surface area contributed by atoms with Crippen molar-refractivity contribution in [3.8, 4) is 0 Å². The summed E-state index contributed by atoms with van der Waals surface area (Å²) in [6.45, 7) is 6.06. The summed E-state index contributed by atoms with van der Waals surface area (Å²) in [6, 6.07) is 0.322. The number of morpholine rings is 1. The predicted molar refractivity (Wildman–Crippen MR) is 70.6 cm³/mol. The number of nitrogens with one attached hydrogen (secondary N) is 1. The molecule has 1 aromatic rings. The molecule has 3 rings (SSSR count). The molecule has 2 heterocycles. The SMILES string of the molecule is Cc1nn(C)c(C)c1C1NCCOC12CCCC2. The van der Waals surface area contributed by atoms with E-state index >= 15 is 0 Å². The molecule has 1 aliphatic heterocycles. The number of ether oxygens (including phenoxy) is 1. The van der Waals surface area contributed by atoms with Crippen molar-refractivity contribution in [3.05, 3.63) is 17.0 Å². The molecule has 0 bridgehead atoms. The standard InChI is InChI=1S/C14H23N3O/c1-10-12(11(2)17(3)16-10)13-14(6-4-5-7-14)18-9-8-15-13/h13,15H,4-9H2,1-3H3. The Balaban J connectivity index is 2.02. The highest BCUT2D eigenvalue weighted by atomic mass is 16.5. The Hall–Kier alpha value is -0.870. The van der Waals surface area contributed by atoms with Crippen LogP contribution < -0.4 is 5.32 Å². The van der Waals surface area contributed by atoms with Gasteiger partial charge in [-0.1, -0.05) is 12.8 Å². The van der Waals surface area contributed by atoms with Gasteiger partial charge in [0.15, 0.2) is 0 Å². The molecule has 0 aromatic carbocycles. The maximum absolute atomic E-state index is 6.21. The third-order valence-electron chi connectivity index (χ3n) is 4.67. The summed E-state index contributed by atoms with van der Waals surface area (Å²) >= 11 is 0. The van der Waals surface area contributed by atoms with Crippen LogP contribution in [0.2, 0.25) is 0 Å². The summed E-state index contributed by atoms with van der Waals surface area (Å²) in [4.78, 5) is 0. The number of aryl methyl sites for hydroxylation is 2. The van der Waals surface area contributed by atoms with E-state index in [-0.39, 0.29) is 5.60 Å². The average molecular weight is 249 g/mol. The zero-order valence-electron chi connectivity index (χ0n) is 11.6. The topological polar surface area (TPSA) is 39.1 Å². The van der Waals surface area contributed by atoms with Crippen LogP contribution in [0.5, 0.6) is 0 Å². The normalized spacial score (nSPS) is 26.9. The van der Waals surface area contributed by atoms with E-state index < -0.39 is 0 Å². The van der Waals surface area contributed by atoms with Crippen LogP contribution in [0.1, 0.15) is 48.7 Å². The van der Waals surface area contributed by atoms with Crippen molar-refractivity contribution in [3.63, 3.8) is 0 Å². The maximum atomic E-state index is 6.21. The lowest BCUT2D eigenvalue weighted by Gasteiger charge is -2.42. The van der Waals surface area contributed by atoms with Crippen LogP contribution in [-0.2, 0) is 11.8 Å². The number of aromatic nitrogens is 2. The molecule has 1 saturated heterocycles. The highest BCUT2D eigenvalue weighted by Gasteiger charge is 2.46. The van der Waals surface area contributed by atoms with Crippen molar-refractivity contribution in [2.75, 3.05) is 13.2 Å². The average Bonchev–Trinajstić information content (AvgIpc) is 2.89. The van der Waals surface area contributed by atoms with Gasteiger partial charge in [0.2, 0.25) is 0 Å². The van der Waals surface area contributed by atoms with Gasteiger partial charge in [-0.3, -0.25) is 4.68 Å². The van der Waals surface area contributed by atoms with Crippen LogP contribution in [0.15, 0.2) is 0 Å². The molecule has 0 amide bonds. The van der Waals surface area contributed by atoms with E-state index in [4.69, 9.17) is 4.74 Å². The van der Waals surface area contributed by atoms with Crippen LogP contribution in [0.4, 0.5) is 0 Å². The minimum atomic E-state index is 0.0246. The molecule has 1 aromatic heterocycles. The molecule has 1 atom stereocenters. The van der Waals surface area contributed by atoms with E-state index in [9.17, 15) is 0 Å². The van der Waals surface area contributed by atoms with Crippen LogP contribution >= 0.6 is 0 Å². The van der Waals surface area contributed by atoms with E-state index in [0.717, 1.165) is 18.8 Å². The lowest BCUT2D eigenvalue weighted by molar-refractivity contribution is -0.0938. The minimum Gasteiger partial charge on any atom is -0.372 e. The first kappa shape index (κ1) is 12.2. The van der Waals surface area contributed by atoms with Crippen molar-refractivity contribution >= 4 is 0 Å². The molecule has 2 aliphatic rings. The highest BCUT2D eigenvalue weighted by Crippen LogP contribution is 2.45. The van der Waals surface area contributed by atoms with E-state index in [1.807, 2.05) is 11.7 Å². The van der Waals surface area contributed by atoms with Gasteiger partial charge in [0.05, 0.1) is 23.9 Å². The number of rotatable bonds is 1. The third-order valence-corrected chi connectivity index (χ3v) is 4.67. The second-order valence-electron chi connectivity index (χ2n) is 5.72. The fourth-order valence-electron chi connectivity index (χ4n) is 3.71. The summed E-state index contributed by atoms with van der Waals surface area (Å²) in [6.07, 6.45) is 4.93. The first-order chi connectivity index (χ1) is 8.64. The highest BCUT2D eigenvalue weighted by molar-refractivity contribution is 5.31. The Labute approximate surface area is 109 Å². The molecule has 1 unspecified atom stereocenters.